The Morgan fingerprint density at radius 1 is 0.852 bits per heavy atom. The van der Waals surface area contributed by atoms with E-state index in [-0.39, 0.29) is 17.7 Å². The van der Waals surface area contributed by atoms with Gasteiger partial charge in [-0.15, -0.1) is 0 Å². The summed E-state index contributed by atoms with van der Waals surface area (Å²) < 4.78 is 0. The minimum atomic E-state index is -0.123. The van der Waals surface area contributed by atoms with E-state index in [1.54, 1.807) is 21.9 Å². The first-order chi connectivity index (χ1) is 13.0. The Kier molecular flexibility index (Phi) is 5.86. The van der Waals surface area contributed by atoms with E-state index in [1.807, 2.05) is 42.5 Å². The zero-order valence-electron chi connectivity index (χ0n) is 15.4. The van der Waals surface area contributed by atoms with Crippen LogP contribution in [0.4, 0.5) is 5.69 Å². The number of carbonyl (C=O) groups is 3. The number of rotatable bonds is 4. The van der Waals surface area contributed by atoms with Gasteiger partial charge >= 0.3 is 0 Å². The van der Waals surface area contributed by atoms with Crippen LogP contribution in [0.15, 0.2) is 54.6 Å². The molecule has 27 heavy (non-hydrogen) atoms. The largest absolute Gasteiger partial charge is 0.339 e. The van der Waals surface area contributed by atoms with Gasteiger partial charge < -0.3 is 15.1 Å². The molecule has 3 amide bonds. The predicted molar refractivity (Wildman–Crippen MR) is 103 cm³/mol. The molecule has 0 saturated carbocycles. The first kappa shape index (κ1) is 18.6. The topological polar surface area (TPSA) is 69.7 Å². The summed E-state index contributed by atoms with van der Waals surface area (Å²) >= 11 is 0. The normalized spacial score (nSPS) is 14.0. The second kappa shape index (κ2) is 8.49. The Balaban J connectivity index is 1.51. The zero-order chi connectivity index (χ0) is 19.2. The Labute approximate surface area is 158 Å². The highest BCUT2D eigenvalue weighted by Gasteiger charge is 2.24. The first-order valence-corrected chi connectivity index (χ1v) is 9.01. The quantitative estimate of drug-likeness (QED) is 0.903. The minimum Gasteiger partial charge on any atom is -0.339 e. The van der Waals surface area contributed by atoms with E-state index in [0.717, 1.165) is 5.56 Å². The predicted octanol–water partition coefficient (Wildman–Crippen LogP) is 2.17. The monoisotopic (exact) mass is 365 g/mol. The molecule has 1 aliphatic rings. The third-order valence-corrected chi connectivity index (χ3v) is 4.57. The summed E-state index contributed by atoms with van der Waals surface area (Å²) in [7, 11) is 0. The van der Waals surface area contributed by atoms with Crippen LogP contribution in [0.25, 0.3) is 0 Å². The molecule has 0 aromatic heterocycles. The molecule has 0 atom stereocenters. The number of amides is 3. The van der Waals surface area contributed by atoms with Crippen LogP contribution in [0.1, 0.15) is 22.8 Å². The fraction of sp³-hybridized carbons (Fsp3) is 0.286. The molecular formula is C21H23N3O3. The maximum absolute atomic E-state index is 12.5. The van der Waals surface area contributed by atoms with Crippen molar-refractivity contribution < 1.29 is 14.4 Å². The Hall–Kier alpha value is -3.15. The molecule has 0 spiro atoms. The fourth-order valence-corrected chi connectivity index (χ4v) is 3.12. The Bertz CT molecular complexity index is 810. The molecule has 1 fully saturated rings. The molecule has 3 rings (SSSR count). The standard InChI is InChI=1S/C21H23N3O3/c1-16(25)22-19-9-7-17(8-10-19)15-20(26)23-11-13-24(14-12-23)21(27)18-5-3-2-4-6-18/h2-10H,11-15H2,1H3,(H,22,25). The van der Waals surface area contributed by atoms with Gasteiger partial charge in [0.25, 0.3) is 5.91 Å². The van der Waals surface area contributed by atoms with Gasteiger partial charge in [0.05, 0.1) is 6.42 Å². The number of carbonyl (C=O) groups excluding carboxylic acids is 3. The lowest BCUT2D eigenvalue weighted by Gasteiger charge is -2.35. The highest BCUT2D eigenvalue weighted by atomic mass is 16.2. The van der Waals surface area contributed by atoms with Crippen LogP contribution in [0.5, 0.6) is 0 Å². The molecule has 1 aliphatic heterocycles. The van der Waals surface area contributed by atoms with Crippen LogP contribution >= 0.6 is 0 Å². The molecule has 1 N–H and O–H groups in total. The lowest BCUT2D eigenvalue weighted by atomic mass is 10.1. The van der Waals surface area contributed by atoms with E-state index in [0.29, 0.717) is 43.9 Å². The average molecular weight is 365 g/mol. The van der Waals surface area contributed by atoms with Crippen molar-refractivity contribution in [1.82, 2.24) is 9.80 Å². The molecule has 6 nitrogen and oxygen atoms in total. The van der Waals surface area contributed by atoms with Gasteiger partial charge in [0, 0.05) is 44.4 Å². The van der Waals surface area contributed by atoms with Crippen LogP contribution in [0, 0.1) is 0 Å². The van der Waals surface area contributed by atoms with Gasteiger partial charge in [-0.25, -0.2) is 0 Å². The van der Waals surface area contributed by atoms with Crippen molar-refractivity contribution >= 4 is 23.4 Å². The van der Waals surface area contributed by atoms with Gasteiger partial charge in [-0.2, -0.15) is 0 Å². The van der Waals surface area contributed by atoms with Crippen LogP contribution in [-0.4, -0.2) is 53.7 Å². The molecule has 0 radical (unpaired) electrons. The van der Waals surface area contributed by atoms with Crippen molar-refractivity contribution in [2.75, 3.05) is 31.5 Å². The molecule has 1 heterocycles. The molecule has 140 valence electrons. The lowest BCUT2D eigenvalue weighted by molar-refractivity contribution is -0.131. The first-order valence-electron chi connectivity index (χ1n) is 9.01. The third-order valence-electron chi connectivity index (χ3n) is 4.57. The number of nitrogens with one attached hydrogen (secondary N) is 1. The van der Waals surface area contributed by atoms with Gasteiger partial charge in [0.2, 0.25) is 11.8 Å². The van der Waals surface area contributed by atoms with Crippen molar-refractivity contribution in [3.8, 4) is 0 Å². The SMILES string of the molecule is CC(=O)Nc1ccc(CC(=O)N2CCN(C(=O)c3ccccc3)CC2)cc1. The smallest absolute Gasteiger partial charge is 0.253 e. The van der Waals surface area contributed by atoms with E-state index in [4.69, 9.17) is 0 Å². The van der Waals surface area contributed by atoms with E-state index in [2.05, 4.69) is 5.32 Å². The van der Waals surface area contributed by atoms with Gasteiger partial charge in [0.15, 0.2) is 0 Å². The van der Waals surface area contributed by atoms with Gasteiger partial charge in [0.1, 0.15) is 0 Å². The maximum atomic E-state index is 12.5. The molecule has 0 bridgehead atoms. The maximum Gasteiger partial charge on any atom is 0.253 e. The molecule has 0 aliphatic carbocycles. The molecule has 1 saturated heterocycles. The Morgan fingerprint density at radius 3 is 2.04 bits per heavy atom. The third kappa shape index (κ3) is 4.94. The average Bonchev–Trinajstić information content (AvgIpc) is 2.69. The van der Waals surface area contributed by atoms with Gasteiger partial charge in [-0.05, 0) is 29.8 Å². The summed E-state index contributed by atoms with van der Waals surface area (Å²) in [5.41, 5.74) is 2.29. The van der Waals surface area contributed by atoms with Crippen LogP contribution in [0.2, 0.25) is 0 Å². The van der Waals surface area contributed by atoms with Gasteiger partial charge in [-0.3, -0.25) is 14.4 Å². The zero-order valence-corrected chi connectivity index (χ0v) is 15.4. The van der Waals surface area contributed by atoms with E-state index in [9.17, 15) is 14.4 Å². The van der Waals surface area contributed by atoms with Crippen molar-refractivity contribution in [2.24, 2.45) is 0 Å². The van der Waals surface area contributed by atoms with Crippen molar-refractivity contribution in [3.05, 3.63) is 65.7 Å². The molecule has 2 aromatic carbocycles. The van der Waals surface area contributed by atoms with Crippen molar-refractivity contribution in [2.45, 2.75) is 13.3 Å². The number of hydrogen-bond donors (Lipinski definition) is 1. The van der Waals surface area contributed by atoms with Crippen LogP contribution in [0.3, 0.4) is 0 Å². The number of nitrogens with zero attached hydrogens (tertiary/aromatic N) is 2. The molecule has 6 heteroatoms. The summed E-state index contributed by atoms with van der Waals surface area (Å²) in [6.07, 6.45) is 0.312. The molecule has 0 unspecified atom stereocenters. The second-order valence-corrected chi connectivity index (χ2v) is 6.59. The summed E-state index contributed by atoms with van der Waals surface area (Å²) in [5.74, 6) is -0.0629. The lowest BCUT2D eigenvalue weighted by Crippen LogP contribution is -2.51. The van der Waals surface area contributed by atoms with Crippen molar-refractivity contribution in [3.63, 3.8) is 0 Å². The number of benzene rings is 2. The van der Waals surface area contributed by atoms with Crippen LogP contribution in [-0.2, 0) is 16.0 Å². The molecule has 2 aromatic rings. The number of hydrogen-bond acceptors (Lipinski definition) is 3. The highest BCUT2D eigenvalue weighted by Crippen LogP contribution is 2.13. The molecular weight excluding hydrogens is 342 g/mol. The Morgan fingerprint density at radius 2 is 1.44 bits per heavy atom. The summed E-state index contributed by atoms with van der Waals surface area (Å²) in [5, 5.41) is 2.71. The van der Waals surface area contributed by atoms with E-state index in [1.165, 1.54) is 6.92 Å². The second-order valence-electron chi connectivity index (χ2n) is 6.59. The number of piperazine rings is 1. The van der Waals surface area contributed by atoms with Gasteiger partial charge in [-0.1, -0.05) is 30.3 Å². The van der Waals surface area contributed by atoms with Crippen LogP contribution < -0.4 is 5.32 Å². The number of anilines is 1. The highest BCUT2D eigenvalue weighted by molar-refractivity contribution is 5.94. The summed E-state index contributed by atoms with van der Waals surface area (Å²) in [6, 6.07) is 16.5. The summed E-state index contributed by atoms with van der Waals surface area (Å²) in [4.78, 5) is 39.6. The van der Waals surface area contributed by atoms with E-state index >= 15 is 0 Å². The summed E-state index contributed by atoms with van der Waals surface area (Å²) in [6.45, 7) is 3.63. The van der Waals surface area contributed by atoms with E-state index < -0.39 is 0 Å². The van der Waals surface area contributed by atoms with Crippen molar-refractivity contribution in [1.29, 1.82) is 0 Å². The minimum absolute atomic E-state index is 0.0104. The fourth-order valence-electron chi connectivity index (χ4n) is 3.12.